The van der Waals surface area contributed by atoms with Gasteiger partial charge in [0, 0.05) is 25.9 Å². The summed E-state index contributed by atoms with van der Waals surface area (Å²) in [5.41, 5.74) is 0.512. The molecule has 2 aromatic rings. The van der Waals surface area contributed by atoms with Gasteiger partial charge in [0.15, 0.2) is 9.68 Å². The largest absolute Gasteiger partial charge is 0.368 e. The van der Waals surface area contributed by atoms with E-state index in [4.69, 9.17) is 0 Å². The third-order valence-electron chi connectivity index (χ3n) is 3.93. The third kappa shape index (κ3) is 3.88. The van der Waals surface area contributed by atoms with Crippen LogP contribution >= 0.6 is 0 Å². The summed E-state index contributed by atoms with van der Waals surface area (Å²) in [6.45, 7) is 4.57. The van der Waals surface area contributed by atoms with Gasteiger partial charge in [-0.3, -0.25) is 9.59 Å². The zero-order valence-electron chi connectivity index (χ0n) is 13.4. The van der Waals surface area contributed by atoms with Crippen molar-refractivity contribution in [1.82, 2.24) is 19.9 Å². The van der Waals surface area contributed by atoms with Gasteiger partial charge >= 0.3 is 0 Å². The standard InChI is InChI=1S/C16H19FN4O2Si/c1-10-9-18-6-7-21(24-10)15(22)5-4-14-19-13-3-2-11(17)8-12(13)16(23)20-14/h2-3,8,10,18H,4-7,9H2,1H3,(H,19,20,23)/t10-/m0/s1. The molecule has 2 radical (unpaired) electrons. The quantitative estimate of drug-likeness (QED) is 0.808. The van der Waals surface area contributed by atoms with Crippen LogP contribution in [0.5, 0.6) is 0 Å². The Bertz CT molecular complexity index is 810. The van der Waals surface area contributed by atoms with Crippen LogP contribution in [0.4, 0.5) is 4.39 Å². The zero-order chi connectivity index (χ0) is 17.1. The van der Waals surface area contributed by atoms with E-state index in [-0.39, 0.29) is 16.9 Å². The van der Waals surface area contributed by atoms with Crippen LogP contribution in [-0.4, -0.2) is 49.8 Å². The number of nitrogens with one attached hydrogen (secondary N) is 2. The number of nitrogens with zero attached hydrogens (tertiary/aromatic N) is 2. The Hall–Kier alpha value is -2.06. The second-order valence-electron chi connectivity index (χ2n) is 5.95. The number of amides is 1. The number of hydrogen-bond donors (Lipinski definition) is 2. The molecule has 24 heavy (non-hydrogen) atoms. The number of carbonyl (C=O) groups is 1. The van der Waals surface area contributed by atoms with Crippen LogP contribution in [0.1, 0.15) is 19.2 Å². The van der Waals surface area contributed by atoms with Gasteiger partial charge in [-0.2, -0.15) is 0 Å². The lowest BCUT2D eigenvalue weighted by Gasteiger charge is -2.21. The molecule has 1 amide bonds. The number of halogens is 1. The first-order chi connectivity index (χ1) is 11.5. The average Bonchev–Trinajstić information content (AvgIpc) is 2.78. The topological polar surface area (TPSA) is 78.1 Å². The van der Waals surface area contributed by atoms with Gasteiger partial charge in [0.1, 0.15) is 11.6 Å². The maximum Gasteiger partial charge on any atom is 0.258 e. The molecule has 2 heterocycles. The van der Waals surface area contributed by atoms with Crippen molar-refractivity contribution in [2.24, 2.45) is 0 Å². The van der Waals surface area contributed by atoms with Gasteiger partial charge < -0.3 is 14.9 Å². The molecule has 0 spiro atoms. The van der Waals surface area contributed by atoms with E-state index in [1.165, 1.54) is 18.2 Å². The Kier molecular flexibility index (Phi) is 5.05. The minimum absolute atomic E-state index is 0.0748. The first-order valence-electron chi connectivity index (χ1n) is 7.98. The predicted molar refractivity (Wildman–Crippen MR) is 90.4 cm³/mol. The Balaban J connectivity index is 1.70. The van der Waals surface area contributed by atoms with E-state index in [9.17, 15) is 14.0 Å². The lowest BCUT2D eigenvalue weighted by atomic mass is 10.2. The van der Waals surface area contributed by atoms with Gasteiger partial charge in [-0.1, -0.05) is 6.92 Å². The number of fused-ring (bicyclic) bond motifs is 1. The van der Waals surface area contributed by atoms with Crippen molar-refractivity contribution in [2.45, 2.75) is 25.3 Å². The number of aromatic amines is 1. The molecule has 1 atom stereocenters. The smallest absolute Gasteiger partial charge is 0.258 e. The van der Waals surface area contributed by atoms with E-state index >= 15 is 0 Å². The Morgan fingerprint density at radius 1 is 1.50 bits per heavy atom. The molecule has 1 aromatic heterocycles. The maximum atomic E-state index is 13.2. The molecule has 6 nitrogen and oxygen atoms in total. The minimum atomic E-state index is -0.470. The third-order valence-corrected chi connectivity index (χ3v) is 5.36. The summed E-state index contributed by atoms with van der Waals surface area (Å²) in [6.07, 6.45) is 0.666. The van der Waals surface area contributed by atoms with Crippen LogP contribution in [-0.2, 0) is 11.2 Å². The van der Waals surface area contributed by atoms with Crippen LogP contribution in [0.2, 0.25) is 5.54 Å². The summed E-state index contributed by atoms with van der Waals surface area (Å²) in [5.74, 6) is 0.0603. The summed E-state index contributed by atoms with van der Waals surface area (Å²) in [7, 11) is 0.475. The number of rotatable bonds is 3. The number of H-pyrrole nitrogens is 1. The molecule has 3 rings (SSSR count). The van der Waals surface area contributed by atoms with Crippen molar-refractivity contribution in [3.05, 3.63) is 40.2 Å². The summed E-state index contributed by atoms with van der Waals surface area (Å²) in [5, 5.41) is 3.53. The molecule has 0 unspecified atom stereocenters. The number of hydrogen-bond acceptors (Lipinski definition) is 4. The molecule has 1 saturated heterocycles. The average molecular weight is 346 g/mol. The normalized spacial score (nSPS) is 18.6. The molecule has 2 N–H and O–H groups in total. The number of carbonyl (C=O) groups excluding carboxylic acids is 1. The van der Waals surface area contributed by atoms with Crippen molar-refractivity contribution in [3.63, 3.8) is 0 Å². The SMILES string of the molecule is C[C@H]1CNCCN(C(=O)CCc2nc3ccc(F)cc3c(=O)[nH]2)[Si]1. The fourth-order valence-electron chi connectivity index (χ4n) is 2.72. The number of aryl methyl sites for hydroxylation is 1. The van der Waals surface area contributed by atoms with Crippen molar-refractivity contribution >= 4 is 26.5 Å². The predicted octanol–water partition coefficient (Wildman–Crippen LogP) is 0.854. The Morgan fingerprint density at radius 3 is 3.17 bits per heavy atom. The first kappa shape index (κ1) is 16.8. The molecule has 1 fully saturated rings. The summed E-state index contributed by atoms with van der Waals surface area (Å²) >= 11 is 0. The van der Waals surface area contributed by atoms with E-state index < -0.39 is 5.82 Å². The highest BCUT2D eigenvalue weighted by molar-refractivity contribution is 6.38. The highest BCUT2D eigenvalue weighted by Crippen LogP contribution is 2.11. The highest BCUT2D eigenvalue weighted by atomic mass is 28.2. The van der Waals surface area contributed by atoms with Crippen molar-refractivity contribution in [2.75, 3.05) is 19.6 Å². The van der Waals surface area contributed by atoms with Crippen LogP contribution in [0.25, 0.3) is 10.9 Å². The maximum absolute atomic E-state index is 13.2. The van der Waals surface area contributed by atoms with Gasteiger partial charge in [-0.15, -0.1) is 0 Å². The minimum Gasteiger partial charge on any atom is -0.368 e. The molecule has 1 aliphatic heterocycles. The van der Waals surface area contributed by atoms with Crippen LogP contribution < -0.4 is 10.9 Å². The molecule has 0 bridgehead atoms. The van der Waals surface area contributed by atoms with Gasteiger partial charge in [-0.25, -0.2) is 9.37 Å². The van der Waals surface area contributed by atoms with Gasteiger partial charge in [0.25, 0.3) is 5.56 Å². The first-order valence-corrected chi connectivity index (χ1v) is 9.01. The zero-order valence-corrected chi connectivity index (χ0v) is 14.4. The number of benzene rings is 1. The molecule has 8 heteroatoms. The molecule has 0 saturated carbocycles. The Morgan fingerprint density at radius 2 is 2.33 bits per heavy atom. The van der Waals surface area contributed by atoms with Crippen LogP contribution in [0.3, 0.4) is 0 Å². The van der Waals surface area contributed by atoms with E-state index in [1.54, 1.807) is 0 Å². The van der Waals surface area contributed by atoms with E-state index in [2.05, 4.69) is 22.2 Å². The fraction of sp³-hybridized carbons (Fsp3) is 0.438. The molecule has 1 aromatic carbocycles. The Labute approximate surface area is 141 Å². The summed E-state index contributed by atoms with van der Waals surface area (Å²) < 4.78 is 15.1. The van der Waals surface area contributed by atoms with E-state index in [0.717, 1.165) is 13.1 Å². The number of aromatic nitrogens is 2. The van der Waals surface area contributed by atoms with Crippen molar-refractivity contribution in [3.8, 4) is 0 Å². The second kappa shape index (κ2) is 7.23. The van der Waals surface area contributed by atoms with E-state index in [1.807, 2.05) is 4.57 Å². The lowest BCUT2D eigenvalue weighted by Crippen LogP contribution is -2.37. The van der Waals surface area contributed by atoms with Crippen molar-refractivity contribution in [1.29, 1.82) is 0 Å². The van der Waals surface area contributed by atoms with Crippen LogP contribution in [0.15, 0.2) is 23.0 Å². The molecule has 126 valence electrons. The van der Waals surface area contributed by atoms with Crippen molar-refractivity contribution < 1.29 is 9.18 Å². The molecular formula is C16H19FN4O2Si. The second-order valence-corrected chi connectivity index (χ2v) is 7.74. The van der Waals surface area contributed by atoms with E-state index in [0.29, 0.717) is 45.9 Å². The lowest BCUT2D eigenvalue weighted by molar-refractivity contribution is -0.126. The molecule has 1 aliphatic rings. The summed E-state index contributed by atoms with van der Waals surface area (Å²) in [6, 6.07) is 3.92. The monoisotopic (exact) mass is 346 g/mol. The molecule has 0 aliphatic carbocycles. The van der Waals surface area contributed by atoms with Gasteiger partial charge in [0.05, 0.1) is 10.9 Å². The van der Waals surface area contributed by atoms with Gasteiger partial charge in [-0.05, 0) is 30.3 Å². The van der Waals surface area contributed by atoms with Gasteiger partial charge in [0.2, 0.25) is 5.91 Å². The highest BCUT2D eigenvalue weighted by Gasteiger charge is 2.20. The fourth-order valence-corrected chi connectivity index (χ4v) is 3.98. The molecular weight excluding hydrogens is 327 g/mol. The van der Waals surface area contributed by atoms with Crippen LogP contribution in [0, 0.1) is 5.82 Å². The summed E-state index contributed by atoms with van der Waals surface area (Å²) in [4.78, 5) is 31.4.